The number of rotatable bonds is 2. The molecule has 2 aliphatic rings. The van der Waals surface area contributed by atoms with E-state index in [1.54, 1.807) is 0 Å². The van der Waals surface area contributed by atoms with Crippen LogP contribution in [0.2, 0.25) is 0 Å². The first-order valence-electron chi connectivity index (χ1n) is 5.52. The van der Waals surface area contributed by atoms with Crippen molar-refractivity contribution in [3.8, 4) is 0 Å². The van der Waals surface area contributed by atoms with E-state index in [1.165, 1.54) is 6.42 Å². The Kier molecular flexibility index (Phi) is 3.17. The molecular formula is C10H15ClFN3O. The van der Waals surface area contributed by atoms with Gasteiger partial charge in [0.25, 0.3) is 5.89 Å². The first kappa shape index (κ1) is 11.8. The van der Waals surface area contributed by atoms with Crippen LogP contribution in [0.15, 0.2) is 4.52 Å². The van der Waals surface area contributed by atoms with E-state index in [4.69, 9.17) is 4.52 Å². The van der Waals surface area contributed by atoms with E-state index in [2.05, 4.69) is 15.5 Å². The molecule has 1 atom stereocenters. The normalized spacial score (nSPS) is 29.8. The molecule has 0 bridgehead atoms. The zero-order chi connectivity index (χ0) is 10.3. The summed E-state index contributed by atoms with van der Waals surface area (Å²) in [7, 11) is 0. The van der Waals surface area contributed by atoms with Gasteiger partial charge in [0.2, 0.25) is 5.67 Å². The Labute approximate surface area is 99.4 Å². The van der Waals surface area contributed by atoms with E-state index < -0.39 is 5.67 Å². The molecule has 1 aromatic heterocycles. The van der Waals surface area contributed by atoms with Crippen molar-refractivity contribution in [2.75, 3.05) is 13.1 Å². The largest absolute Gasteiger partial charge is 0.336 e. The molecule has 2 fully saturated rings. The minimum absolute atomic E-state index is 0. The van der Waals surface area contributed by atoms with Crippen molar-refractivity contribution in [1.82, 2.24) is 15.5 Å². The van der Waals surface area contributed by atoms with Gasteiger partial charge < -0.3 is 9.84 Å². The lowest BCUT2D eigenvalue weighted by molar-refractivity contribution is 0.133. The second-order valence-electron chi connectivity index (χ2n) is 4.48. The van der Waals surface area contributed by atoms with Crippen LogP contribution in [-0.2, 0) is 5.67 Å². The summed E-state index contributed by atoms with van der Waals surface area (Å²) in [5.74, 6) is 1.26. The number of alkyl halides is 1. The average Bonchev–Trinajstić information content (AvgIpc) is 2.71. The Bertz CT molecular complexity index is 361. The molecular weight excluding hydrogens is 233 g/mol. The van der Waals surface area contributed by atoms with Crippen LogP contribution in [0.3, 0.4) is 0 Å². The van der Waals surface area contributed by atoms with Gasteiger partial charge in [-0.15, -0.1) is 12.4 Å². The molecule has 0 spiro atoms. The number of hydrogen-bond donors (Lipinski definition) is 1. The molecule has 2 heterocycles. The number of nitrogens with one attached hydrogen (secondary N) is 1. The molecule has 1 aliphatic carbocycles. The Morgan fingerprint density at radius 3 is 2.81 bits per heavy atom. The summed E-state index contributed by atoms with van der Waals surface area (Å²) >= 11 is 0. The minimum Gasteiger partial charge on any atom is -0.336 e. The van der Waals surface area contributed by atoms with Gasteiger partial charge in [-0.05, 0) is 19.4 Å². The quantitative estimate of drug-likeness (QED) is 0.868. The Balaban J connectivity index is 0.000000963. The predicted octanol–water partition coefficient (Wildman–Crippen LogP) is 1.92. The van der Waals surface area contributed by atoms with Crippen molar-refractivity contribution in [3.63, 3.8) is 0 Å². The average molecular weight is 248 g/mol. The highest BCUT2D eigenvalue weighted by Gasteiger charge is 2.42. The van der Waals surface area contributed by atoms with Crippen molar-refractivity contribution in [2.45, 2.75) is 37.3 Å². The fourth-order valence-corrected chi connectivity index (χ4v) is 2.09. The lowest BCUT2D eigenvalue weighted by Gasteiger charge is -2.21. The highest BCUT2D eigenvalue weighted by atomic mass is 35.5. The van der Waals surface area contributed by atoms with Gasteiger partial charge in [-0.3, -0.25) is 0 Å². The van der Waals surface area contributed by atoms with Crippen LogP contribution in [0.1, 0.15) is 43.3 Å². The topological polar surface area (TPSA) is 51.0 Å². The molecule has 1 aromatic rings. The summed E-state index contributed by atoms with van der Waals surface area (Å²) in [6.07, 6.45) is 3.86. The fraction of sp³-hybridized carbons (Fsp3) is 0.800. The molecule has 16 heavy (non-hydrogen) atoms. The molecule has 0 radical (unpaired) electrons. The molecule has 1 unspecified atom stereocenters. The predicted molar refractivity (Wildman–Crippen MR) is 58.4 cm³/mol. The van der Waals surface area contributed by atoms with Crippen LogP contribution < -0.4 is 5.32 Å². The van der Waals surface area contributed by atoms with Crippen LogP contribution in [-0.4, -0.2) is 23.2 Å². The number of aromatic nitrogens is 2. The van der Waals surface area contributed by atoms with E-state index in [0.29, 0.717) is 31.3 Å². The van der Waals surface area contributed by atoms with Crippen molar-refractivity contribution in [2.24, 2.45) is 0 Å². The SMILES string of the molecule is Cl.FC1(c2nc(C3CCC3)no2)CCNC1. The molecule has 4 nitrogen and oxygen atoms in total. The second kappa shape index (κ2) is 4.30. The van der Waals surface area contributed by atoms with E-state index in [-0.39, 0.29) is 18.3 Å². The molecule has 0 amide bonds. The highest BCUT2D eigenvalue weighted by Crippen LogP contribution is 2.37. The minimum atomic E-state index is -1.44. The number of nitrogens with zero attached hydrogens (tertiary/aromatic N) is 2. The van der Waals surface area contributed by atoms with Crippen LogP contribution >= 0.6 is 12.4 Å². The third-order valence-corrected chi connectivity index (χ3v) is 3.40. The van der Waals surface area contributed by atoms with Gasteiger partial charge >= 0.3 is 0 Å². The zero-order valence-electron chi connectivity index (χ0n) is 8.91. The summed E-state index contributed by atoms with van der Waals surface area (Å²) in [5, 5.41) is 6.85. The van der Waals surface area contributed by atoms with Crippen molar-refractivity contribution >= 4 is 12.4 Å². The second-order valence-corrected chi connectivity index (χ2v) is 4.48. The first-order valence-corrected chi connectivity index (χ1v) is 5.52. The monoisotopic (exact) mass is 247 g/mol. The molecule has 3 rings (SSSR count). The molecule has 90 valence electrons. The smallest absolute Gasteiger partial charge is 0.265 e. The van der Waals surface area contributed by atoms with Gasteiger partial charge in [0.15, 0.2) is 5.82 Å². The summed E-state index contributed by atoms with van der Waals surface area (Å²) in [5.41, 5.74) is -1.44. The Morgan fingerprint density at radius 2 is 2.25 bits per heavy atom. The van der Waals surface area contributed by atoms with Gasteiger partial charge in [-0.2, -0.15) is 4.98 Å². The molecule has 1 aliphatic heterocycles. The fourth-order valence-electron chi connectivity index (χ4n) is 2.09. The van der Waals surface area contributed by atoms with Crippen molar-refractivity contribution in [1.29, 1.82) is 0 Å². The van der Waals surface area contributed by atoms with Crippen molar-refractivity contribution in [3.05, 3.63) is 11.7 Å². The summed E-state index contributed by atoms with van der Waals surface area (Å²) < 4.78 is 19.2. The maximum absolute atomic E-state index is 14.2. The van der Waals surface area contributed by atoms with Gasteiger partial charge in [0.1, 0.15) is 0 Å². The van der Waals surface area contributed by atoms with Crippen molar-refractivity contribution < 1.29 is 8.91 Å². The standard InChI is InChI=1S/C10H14FN3O.ClH/c11-10(4-5-12-6-10)9-13-8(14-15-9)7-2-1-3-7;/h7,12H,1-6H2;1H. The van der Waals surface area contributed by atoms with Crippen LogP contribution in [0.5, 0.6) is 0 Å². The number of halogens is 2. The number of hydrogen-bond acceptors (Lipinski definition) is 4. The Morgan fingerprint density at radius 1 is 1.44 bits per heavy atom. The van der Waals surface area contributed by atoms with E-state index in [0.717, 1.165) is 12.8 Å². The summed E-state index contributed by atoms with van der Waals surface area (Å²) in [6, 6.07) is 0. The molecule has 0 aromatic carbocycles. The summed E-state index contributed by atoms with van der Waals surface area (Å²) in [6.45, 7) is 0.969. The van der Waals surface area contributed by atoms with E-state index in [9.17, 15) is 4.39 Å². The third-order valence-electron chi connectivity index (χ3n) is 3.40. The molecule has 1 N–H and O–H groups in total. The lowest BCUT2D eigenvalue weighted by Crippen LogP contribution is -2.24. The van der Waals surface area contributed by atoms with Gasteiger partial charge in [0, 0.05) is 18.9 Å². The lowest BCUT2D eigenvalue weighted by atomic mass is 9.85. The molecule has 1 saturated heterocycles. The van der Waals surface area contributed by atoms with E-state index >= 15 is 0 Å². The van der Waals surface area contributed by atoms with Crippen LogP contribution in [0.4, 0.5) is 4.39 Å². The van der Waals surface area contributed by atoms with Crippen LogP contribution in [0.25, 0.3) is 0 Å². The summed E-state index contributed by atoms with van der Waals surface area (Å²) in [4.78, 5) is 4.19. The van der Waals surface area contributed by atoms with Gasteiger partial charge in [-0.25, -0.2) is 4.39 Å². The van der Waals surface area contributed by atoms with E-state index in [1.807, 2.05) is 0 Å². The molecule has 1 saturated carbocycles. The third kappa shape index (κ3) is 1.82. The first-order chi connectivity index (χ1) is 7.28. The van der Waals surface area contributed by atoms with Crippen LogP contribution in [0, 0.1) is 0 Å². The maximum Gasteiger partial charge on any atom is 0.265 e. The zero-order valence-corrected chi connectivity index (χ0v) is 9.73. The Hall–Kier alpha value is -0.680. The van der Waals surface area contributed by atoms with Gasteiger partial charge in [-0.1, -0.05) is 11.6 Å². The maximum atomic E-state index is 14.2. The van der Waals surface area contributed by atoms with Gasteiger partial charge in [0.05, 0.1) is 0 Å². The molecule has 6 heteroatoms. The highest BCUT2D eigenvalue weighted by molar-refractivity contribution is 5.85.